The van der Waals surface area contributed by atoms with Crippen molar-refractivity contribution in [1.82, 2.24) is 0 Å². The second kappa shape index (κ2) is 6.60. The molecule has 0 amide bonds. The van der Waals surface area contributed by atoms with E-state index in [0.717, 1.165) is 24.4 Å². The third-order valence-electron chi connectivity index (χ3n) is 2.81. The van der Waals surface area contributed by atoms with Crippen molar-refractivity contribution in [3.05, 3.63) is 17.2 Å². The SMILES string of the molecule is CCC(C)CNc1cc(OC)c(Cl)cc1OC. The van der Waals surface area contributed by atoms with Crippen LogP contribution in [0.25, 0.3) is 0 Å². The van der Waals surface area contributed by atoms with E-state index in [4.69, 9.17) is 21.1 Å². The molecule has 3 nitrogen and oxygen atoms in total. The van der Waals surface area contributed by atoms with E-state index in [0.29, 0.717) is 16.7 Å². The summed E-state index contributed by atoms with van der Waals surface area (Å²) in [5.74, 6) is 2.00. The Labute approximate surface area is 108 Å². The molecule has 0 spiro atoms. The molecule has 0 aliphatic rings. The summed E-state index contributed by atoms with van der Waals surface area (Å²) in [6, 6.07) is 3.63. The van der Waals surface area contributed by atoms with Crippen molar-refractivity contribution in [1.29, 1.82) is 0 Å². The Morgan fingerprint density at radius 2 is 1.88 bits per heavy atom. The highest BCUT2D eigenvalue weighted by molar-refractivity contribution is 6.32. The lowest BCUT2D eigenvalue weighted by Crippen LogP contribution is -2.11. The van der Waals surface area contributed by atoms with Crippen LogP contribution in [-0.4, -0.2) is 20.8 Å². The van der Waals surface area contributed by atoms with Gasteiger partial charge in [0.1, 0.15) is 11.5 Å². The molecule has 1 aromatic carbocycles. The van der Waals surface area contributed by atoms with Gasteiger partial charge in [0.15, 0.2) is 0 Å². The highest BCUT2D eigenvalue weighted by Gasteiger charge is 2.10. The Morgan fingerprint density at radius 1 is 1.24 bits per heavy atom. The Bertz CT molecular complexity index is 369. The van der Waals surface area contributed by atoms with E-state index >= 15 is 0 Å². The molecule has 0 bridgehead atoms. The van der Waals surface area contributed by atoms with Crippen molar-refractivity contribution in [3.8, 4) is 11.5 Å². The summed E-state index contributed by atoms with van der Waals surface area (Å²) < 4.78 is 10.5. The molecule has 1 atom stereocenters. The first kappa shape index (κ1) is 14.0. The Hall–Kier alpha value is -1.09. The first-order valence-electron chi connectivity index (χ1n) is 5.77. The molecule has 1 N–H and O–H groups in total. The van der Waals surface area contributed by atoms with E-state index in [-0.39, 0.29) is 0 Å². The molecule has 1 aromatic rings. The van der Waals surface area contributed by atoms with Crippen LogP contribution in [0.2, 0.25) is 5.02 Å². The van der Waals surface area contributed by atoms with Crippen LogP contribution in [0.15, 0.2) is 12.1 Å². The lowest BCUT2D eigenvalue weighted by Gasteiger charge is -2.16. The van der Waals surface area contributed by atoms with Gasteiger partial charge in [0.05, 0.1) is 24.9 Å². The van der Waals surface area contributed by atoms with Crippen LogP contribution >= 0.6 is 11.6 Å². The number of ether oxygens (including phenoxy) is 2. The van der Waals surface area contributed by atoms with Crippen LogP contribution in [0.1, 0.15) is 20.3 Å². The minimum absolute atomic E-state index is 0.554. The zero-order valence-electron chi connectivity index (χ0n) is 10.8. The summed E-state index contributed by atoms with van der Waals surface area (Å²) in [7, 11) is 3.23. The molecule has 17 heavy (non-hydrogen) atoms. The van der Waals surface area contributed by atoms with Crippen LogP contribution in [0.3, 0.4) is 0 Å². The summed E-state index contributed by atoms with van der Waals surface area (Å²) in [6.45, 7) is 5.27. The molecule has 0 saturated carbocycles. The highest BCUT2D eigenvalue weighted by atomic mass is 35.5. The molecule has 0 heterocycles. The summed E-state index contributed by atoms with van der Waals surface area (Å²) in [5, 5.41) is 3.91. The largest absolute Gasteiger partial charge is 0.495 e. The third kappa shape index (κ3) is 3.70. The number of rotatable bonds is 6. The zero-order chi connectivity index (χ0) is 12.8. The zero-order valence-corrected chi connectivity index (χ0v) is 11.6. The molecule has 1 rings (SSSR count). The maximum atomic E-state index is 6.04. The standard InChI is InChI=1S/C13H20ClNO2/c1-5-9(2)8-15-11-7-12(16-3)10(14)6-13(11)17-4/h6-7,9,15H,5,8H2,1-4H3. The monoisotopic (exact) mass is 257 g/mol. The van der Waals surface area contributed by atoms with E-state index in [2.05, 4.69) is 19.2 Å². The lowest BCUT2D eigenvalue weighted by atomic mass is 10.1. The fourth-order valence-electron chi connectivity index (χ4n) is 1.43. The Balaban J connectivity index is 2.88. The number of benzene rings is 1. The van der Waals surface area contributed by atoms with Crippen molar-refractivity contribution in [2.24, 2.45) is 5.92 Å². The van der Waals surface area contributed by atoms with E-state index in [1.54, 1.807) is 20.3 Å². The van der Waals surface area contributed by atoms with E-state index in [9.17, 15) is 0 Å². The van der Waals surface area contributed by atoms with E-state index in [1.165, 1.54) is 0 Å². The maximum absolute atomic E-state index is 6.04. The van der Waals surface area contributed by atoms with Gasteiger partial charge in [-0.25, -0.2) is 0 Å². The molecule has 0 radical (unpaired) electrons. The van der Waals surface area contributed by atoms with Gasteiger partial charge in [-0.15, -0.1) is 0 Å². The molecule has 0 aromatic heterocycles. The normalized spacial score (nSPS) is 12.1. The van der Waals surface area contributed by atoms with Gasteiger partial charge >= 0.3 is 0 Å². The molecule has 0 aliphatic heterocycles. The number of anilines is 1. The number of nitrogens with one attached hydrogen (secondary N) is 1. The van der Waals surface area contributed by atoms with Crippen molar-refractivity contribution < 1.29 is 9.47 Å². The molecule has 1 unspecified atom stereocenters. The van der Waals surface area contributed by atoms with Crippen molar-refractivity contribution in [3.63, 3.8) is 0 Å². The van der Waals surface area contributed by atoms with Gasteiger partial charge in [0, 0.05) is 18.7 Å². The molecular weight excluding hydrogens is 238 g/mol. The predicted molar refractivity (Wildman–Crippen MR) is 72.5 cm³/mol. The maximum Gasteiger partial charge on any atom is 0.143 e. The van der Waals surface area contributed by atoms with Crippen molar-refractivity contribution in [2.75, 3.05) is 26.1 Å². The van der Waals surface area contributed by atoms with Gasteiger partial charge < -0.3 is 14.8 Å². The minimum atomic E-state index is 0.554. The molecule has 0 fully saturated rings. The van der Waals surface area contributed by atoms with Crippen molar-refractivity contribution in [2.45, 2.75) is 20.3 Å². The quantitative estimate of drug-likeness (QED) is 0.841. The summed E-state index contributed by atoms with van der Waals surface area (Å²) in [6.07, 6.45) is 1.14. The second-order valence-electron chi connectivity index (χ2n) is 4.08. The third-order valence-corrected chi connectivity index (χ3v) is 3.11. The number of hydrogen-bond acceptors (Lipinski definition) is 3. The van der Waals surface area contributed by atoms with Gasteiger partial charge in [-0.3, -0.25) is 0 Å². The number of hydrogen-bond donors (Lipinski definition) is 1. The number of methoxy groups -OCH3 is 2. The van der Waals surface area contributed by atoms with Gasteiger partial charge in [-0.1, -0.05) is 31.9 Å². The van der Waals surface area contributed by atoms with Gasteiger partial charge in [-0.05, 0) is 5.92 Å². The van der Waals surface area contributed by atoms with Crippen LogP contribution in [-0.2, 0) is 0 Å². The summed E-state index contributed by atoms with van der Waals surface area (Å²) in [5.41, 5.74) is 0.911. The Morgan fingerprint density at radius 3 is 2.41 bits per heavy atom. The summed E-state index contributed by atoms with van der Waals surface area (Å²) >= 11 is 6.04. The van der Waals surface area contributed by atoms with Crippen LogP contribution in [0.4, 0.5) is 5.69 Å². The fourth-order valence-corrected chi connectivity index (χ4v) is 1.66. The van der Waals surface area contributed by atoms with Crippen LogP contribution in [0.5, 0.6) is 11.5 Å². The average Bonchev–Trinajstić information content (AvgIpc) is 2.36. The topological polar surface area (TPSA) is 30.5 Å². The highest BCUT2D eigenvalue weighted by Crippen LogP contribution is 2.35. The minimum Gasteiger partial charge on any atom is -0.495 e. The van der Waals surface area contributed by atoms with E-state index < -0.39 is 0 Å². The van der Waals surface area contributed by atoms with Crippen molar-refractivity contribution >= 4 is 17.3 Å². The first-order valence-corrected chi connectivity index (χ1v) is 6.15. The fraction of sp³-hybridized carbons (Fsp3) is 0.538. The van der Waals surface area contributed by atoms with Crippen LogP contribution in [0, 0.1) is 5.92 Å². The molecule has 96 valence electrons. The van der Waals surface area contributed by atoms with Crippen LogP contribution < -0.4 is 14.8 Å². The second-order valence-corrected chi connectivity index (χ2v) is 4.49. The molecule has 4 heteroatoms. The van der Waals surface area contributed by atoms with Gasteiger partial charge in [0.2, 0.25) is 0 Å². The predicted octanol–water partition coefficient (Wildman–Crippen LogP) is 3.82. The number of halogens is 1. The Kier molecular flexibility index (Phi) is 5.42. The molecule has 0 aliphatic carbocycles. The van der Waals surface area contributed by atoms with E-state index in [1.807, 2.05) is 6.07 Å². The molecular formula is C13H20ClNO2. The van der Waals surface area contributed by atoms with Gasteiger partial charge in [0.25, 0.3) is 0 Å². The average molecular weight is 258 g/mol. The first-order chi connectivity index (χ1) is 8.12. The summed E-state index contributed by atoms with van der Waals surface area (Å²) in [4.78, 5) is 0. The molecule has 0 saturated heterocycles. The van der Waals surface area contributed by atoms with Gasteiger partial charge in [-0.2, -0.15) is 0 Å². The smallest absolute Gasteiger partial charge is 0.143 e. The lowest BCUT2D eigenvalue weighted by molar-refractivity contribution is 0.404.